The molecule has 1 saturated carbocycles. The van der Waals surface area contributed by atoms with Gasteiger partial charge in [-0.1, -0.05) is 6.92 Å². The Morgan fingerprint density at radius 1 is 1.53 bits per heavy atom. The molecule has 2 aliphatic rings. The molecule has 0 spiro atoms. The van der Waals surface area contributed by atoms with E-state index in [4.69, 9.17) is 4.74 Å². The number of nitrogens with zero attached hydrogens (tertiary/aromatic N) is 3. The van der Waals surface area contributed by atoms with E-state index < -0.39 is 0 Å². The number of aliphatic hydroxyl groups excluding tert-OH is 1. The number of aryl methyl sites for hydroxylation is 1. The van der Waals surface area contributed by atoms with Crippen LogP contribution in [0, 0.1) is 11.3 Å². The molecule has 1 aromatic rings. The van der Waals surface area contributed by atoms with Crippen molar-refractivity contribution in [2.75, 3.05) is 13.2 Å². The number of rotatable bonds is 6. The van der Waals surface area contributed by atoms with Gasteiger partial charge in [0.15, 0.2) is 0 Å². The second kappa shape index (κ2) is 5.21. The first-order valence-corrected chi connectivity index (χ1v) is 7.38. The highest BCUT2D eigenvalue weighted by Crippen LogP contribution is 2.49. The fourth-order valence-electron chi connectivity index (χ4n) is 3.30. The largest absolute Gasteiger partial charge is 0.396 e. The van der Waals surface area contributed by atoms with Crippen LogP contribution in [-0.4, -0.2) is 39.2 Å². The van der Waals surface area contributed by atoms with E-state index in [1.807, 2.05) is 4.68 Å². The van der Waals surface area contributed by atoms with Gasteiger partial charge in [-0.3, -0.25) is 4.68 Å². The van der Waals surface area contributed by atoms with E-state index in [1.165, 1.54) is 12.8 Å². The number of ether oxygens (including phenoxy) is 1. The van der Waals surface area contributed by atoms with Crippen molar-refractivity contribution in [2.45, 2.75) is 51.7 Å². The van der Waals surface area contributed by atoms with E-state index in [2.05, 4.69) is 17.0 Å². The van der Waals surface area contributed by atoms with Gasteiger partial charge >= 0.3 is 0 Å². The summed E-state index contributed by atoms with van der Waals surface area (Å²) in [6, 6.07) is 0. The summed E-state index contributed by atoms with van der Waals surface area (Å²) in [5, 5.41) is 14.2. The molecule has 3 rings (SSSR count). The van der Waals surface area contributed by atoms with Crippen molar-refractivity contribution in [3.05, 3.63) is 12.2 Å². The van der Waals surface area contributed by atoms with E-state index in [-0.39, 0.29) is 18.1 Å². The molecular formula is C14H23N3O2. The summed E-state index contributed by atoms with van der Waals surface area (Å²) in [7, 11) is 0. The van der Waals surface area contributed by atoms with Crippen LogP contribution < -0.4 is 0 Å². The molecule has 1 aliphatic carbocycles. The van der Waals surface area contributed by atoms with Crippen LogP contribution in [0.5, 0.6) is 0 Å². The summed E-state index contributed by atoms with van der Waals surface area (Å²) >= 11 is 0. The second-order valence-electron chi connectivity index (χ2n) is 5.98. The van der Waals surface area contributed by atoms with E-state index >= 15 is 0 Å². The molecule has 19 heavy (non-hydrogen) atoms. The summed E-state index contributed by atoms with van der Waals surface area (Å²) in [4.78, 5) is 4.39. The molecule has 1 aromatic heterocycles. The van der Waals surface area contributed by atoms with Gasteiger partial charge in [0.25, 0.3) is 0 Å². The molecule has 1 aliphatic heterocycles. The first kappa shape index (κ1) is 13.1. The third-order valence-corrected chi connectivity index (χ3v) is 4.51. The lowest BCUT2D eigenvalue weighted by molar-refractivity contribution is -0.000941. The molecule has 0 amide bonds. The van der Waals surface area contributed by atoms with Crippen LogP contribution in [-0.2, 0) is 17.7 Å². The van der Waals surface area contributed by atoms with Gasteiger partial charge in [-0.05, 0) is 31.6 Å². The topological polar surface area (TPSA) is 60.2 Å². The lowest BCUT2D eigenvalue weighted by Crippen LogP contribution is -2.39. The predicted molar refractivity (Wildman–Crippen MR) is 70.6 cm³/mol. The van der Waals surface area contributed by atoms with Gasteiger partial charge in [0.2, 0.25) is 0 Å². The maximum atomic E-state index is 9.95. The van der Waals surface area contributed by atoms with Crippen molar-refractivity contribution in [3.8, 4) is 0 Å². The predicted octanol–water partition coefficient (Wildman–Crippen LogP) is 1.41. The Bertz CT molecular complexity index is 430. The molecule has 0 radical (unpaired) electrons. The average Bonchev–Trinajstić information content (AvgIpc) is 3.04. The Balaban J connectivity index is 1.80. The Morgan fingerprint density at radius 2 is 2.37 bits per heavy atom. The number of aromatic nitrogens is 3. The zero-order valence-corrected chi connectivity index (χ0v) is 11.6. The monoisotopic (exact) mass is 265 g/mol. The molecule has 1 N–H and O–H groups in total. The molecule has 0 bridgehead atoms. The summed E-state index contributed by atoms with van der Waals surface area (Å²) in [6.45, 7) is 3.99. The van der Waals surface area contributed by atoms with Gasteiger partial charge in [-0.2, -0.15) is 5.10 Å². The van der Waals surface area contributed by atoms with Crippen LogP contribution in [0.15, 0.2) is 6.33 Å². The van der Waals surface area contributed by atoms with Crippen molar-refractivity contribution in [1.82, 2.24) is 14.8 Å². The summed E-state index contributed by atoms with van der Waals surface area (Å²) in [5.41, 5.74) is -0.139. The van der Waals surface area contributed by atoms with Crippen LogP contribution in [0.3, 0.4) is 0 Å². The molecule has 5 heteroatoms. The van der Waals surface area contributed by atoms with Gasteiger partial charge in [-0.15, -0.1) is 0 Å². The number of hydrogen-bond acceptors (Lipinski definition) is 4. The molecule has 1 saturated heterocycles. The Labute approximate surface area is 114 Å². The minimum absolute atomic E-state index is 0.139. The summed E-state index contributed by atoms with van der Waals surface area (Å²) < 4.78 is 7.89. The highest BCUT2D eigenvalue weighted by molar-refractivity contribution is 5.04. The molecule has 0 aromatic carbocycles. The Morgan fingerprint density at radius 3 is 3.05 bits per heavy atom. The third kappa shape index (κ3) is 2.41. The molecule has 2 fully saturated rings. The maximum absolute atomic E-state index is 9.95. The maximum Gasteiger partial charge on any atom is 0.138 e. The lowest BCUT2D eigenvalue weighted by Gasteiger charge is -2.32. The van der Waals surface area contributed by atoms with E-state index in [0.29, 0.717) is 5.92 Å². The third-order valence-electron chi connectivity index (χ3n) is 4.51. The minimum atomic E-state index is -0.139. The van der Waals surface area contributed by atoms with Crippen LogP contribution in [0.1, 0.15) is 38.4 Å². The SMILES string of the molecule is CCCn1ncnc1CC1(CO)CCOC1C1CC1. The molecule has 5 nitrogen and oxygen atoms in total. The molecular weight excluding hydrogens is 242 g/mol. The summed E-state index contributed by atoms with van der Waals surface area (Å²) in [6.07, 6.45) is 7.09. The lowest BCUT2D eigenvalue weighted by atomic mass is 9.76. The van der Waals surface area contributed by atoms with Gasteiger partial charge in [0.05, 0.1) is 12.7 Å². The quantitative estimate of drug-likeness (QED) is 0.845. The molecule has 2 atom stereocenters. The zero-order valence-electron chi connectivity index (χ0n) is 11.6. The second-order valence-corrected chi connectivity index (χ2v) is 5.98. The summed E-state index contributed by atoms with van der Waals surface area (Å²) in [5.74, 6) is 1.64. The molecule has 2 unspecified atom stereocenters. The first-order chi connectivity index (χ1) is 9.29. The van der Waals surface area contributed by atoms with Crippen LogP contribution in [0.25, 0.3) is 0 Å². The average molecular weight is 265 g/mol. The highest BCUT2D eigenvalue weighted by Gasteiger charge is 2.51. The smallest absolute Gasteiger partial charge is 0.138 e. The van der Waals surface area contributed by atoms with Crippen molar-refractivity contribution < 1.29 is 9.84 Å². The van der Waals surface area contributed by atoms with Crippen molar-refractivity contribution >= 4 is 0 Å². The normalized spacial score (nSPS) is 30.9. The van der Waals surface area contributed by atoms with Gasteiger partial charge in [0, 0.05) is 25.0 Å². The van der Waals surface area contributed by atoms with Crippen LogP contribution in [0.2, 0.25) is 0 Å². The molecule has 106 valence electrons. The van der Waals surface area contributed by atoms with Crippen LogP contribution >= 0.6 is 0 Å². The van der Waals surface area contributed by atoms with Gasteiger partial charge < -0.3 is 9.84 Å². The minimum Gasteiger partial charge on any atom is -0.396 e. The number of aliphatic hydroxyl groups is 1. The molecule has 2 heterocycles. The van der Waals surface area contributed by atoms with Gasteiger partial charge in [-0.25, -0.2) is 4.98 Å². The van der Waals surface area contributed by atoms with Crippen molar-refractivity contribution in [3.63, 3.8) is 0 Å². The Kier molecular flexibility index (Phi) is 3.58. The first-order valence-electron chi connectivity index (χ1n) is 7.38. The van der Waals surface area contributed by atoms with E-state index in [0.717, 1.165) is 38.2 Å². The number of hydrogen-bond donors (Lipinski definition) is 1. The van der Waals surface area contributed by atoms with E-state index in [9.17, 15) is 5.11 Å². The standard InChI is InChI=1S/C14H23N3O2/c1-2-6-17-12(15-10-16-17)8-14(9-18)5-7-19-13(14)11-3-4-11/h10-11,13,18H,2-9H2,1H3. The van der Waals surface area contributed by atoms with Crippen molar-refractivity contribution in [1.29, 1.82) is 0 Å². The fraction of sp³-hybridized carbons (Fsp3) is 0.857. The van der Waals surface area contributed by atoms with Crippen molar-refractivity contribution in [2.24, 2.45) is 11.3 Å². The van der Waals surface area contributed by atoms with E-state index in [1.54, 1.807) is 6.33 Å². The van der Waals surface area contributed by atoms with Crippen LogP contribution in [0.4, 0.5) is 0 Å². The highest BCUT2D eigenvalue weighted by atomic mass is 16.5. The zero-order chi connectivity index (χ0) is 13.3. The fourth-order valence-corrected chi connectivity index (χ4v) is 3.30. The van der Waals surface area contributed by atoms with Gasteiger partial charge in [0.1, 0.15) is 12.2 Å². The Hall–Kier alpha value is -0.940.